The maximum absolute atomic E-state index is 5.95. The molecular weight excluding hydrogens is 416 g/mol. The van der Waals surface area contributed by atoms with E-state index >= 15 is 0 Å². The number of unbranched alkanes of at least 4 members (excludes halogenated alkanes) is 9. The van der Waals surface area contributed by atoms with Gasteiger partial charge in [-0.1, -0.05) is 84.5 Å². The van der Waals surface area contributed by atoms with Crippen LogP contribution in [0, 0.1) is 5.92 Å². The highest BCUT2D eigenvalue weighted by molar-refractivity contribution is 5.56. The minimum atomic E-state index is 0.642. The summed E-state index contributed by atoms with van der Waals surface area (Å²) in [4.78, 5) is 9.40. The summed E-state index contributed by atoms with van der Waals surface area (Å²) in [6, 6.07) is 8.27. The van der Waals surface area contributed by atoms with Crippen molar-refractivity contribution in [3.63, 3.8) is 0 Å². The molecule has 3 heteroatoms. The Morgan fingerprint density at radius 3 is 1.91 bits per heavy atom. The molecule has 0 N–H and O–H groups in total. The van der Waals surface area contributed by atoms with Gasteiger partial charge in [-0.05, 0) is 73.8 Å². The molecule has 1 aromatic carbocycles. The van der Waals surface area contributed by atoms with Gasteiger partial charge in [-0.3, -0.25) is 0 Å². The van der Waals surface area contributed by atoms with E-state index in [-0.39, 0.29) is 0 Å². The number of aromatic nitrogens is 2. The van der Waals surface area contributed by atoms with Crippen molar-refractivity contribution in [1.29, 1.82) is 0 Å². The molecule has 34 heavy (non-hydrogen) atoms. The summed E-state index contributed by atoms with van der Waals surface area (Å²) in [6.07, 6.45) is 25.6. The number of hydrogen-bond donors (Lipinski definition) is 0. The van der Waals surface area contributed by atoms with Crippen LogP contribution in [-0.4, -0.2) is 16.6 Å². The molecule has 2 aromatic rings. The molecule has 1 saturated carbocycles. The Morgan fingerprint density at radius 1 is 0.706 bits per heavy atom. The van der Waals surface area contributed by atoms with Crippen molar-refractivity contribution in [2.24, 2.45) is 5.92 Å². The van der Waals surface area contributed by atoms with E-state index in [9.17, 15) is 0 Å². The second-order valence-electron chi connectivity index (χ2n) is 10.4. The van der Waals surface area contributed by atoms with Crippen molar-refractivity contribution in [3.8, 4) is 17.1 Å². The Morgan fingerprint density at radius 2 is 1.29 bits per heavy atom. The molecule has 1 aliphatic carbocycles. The van der Waals surface area contributed by atoms with E-state index in [0.29, 0.717) is 5.92 Å². The zero-order valence-corrected chi connectivity index (χ0v) is 21.9. The lowest BCUT2D eigenvalue weighted by atomic mass is 9.78. The van der Waals surface area contributed by atoms with Gasteiger partial charge in [-0.25, -0.2) is 9.97 Å². The lowest BCUT2D eigenvalue weighted by Gasteiger charge is -2.28. The van der Waals surface area contributed by atoms with Crippen molar-refractivity contribution >= 4 is 0 Å². The maximum Gasteiger partial charge on any atom is 0.159 e. The average molecular weight is 465 g/mol. The summed E-state index contributed by atoms with van der Waals surface area (Å²) in [6.45, 7) is 5.38. The van der Waals surface area contributed by atoms with Crippen molar-refractivity contribution in [1.82, 2.24) is 9.97 Å². The molecule has 0 radical (unpaired) electrons. The summed E-state index contributed by atoms with van der Waals surface area (Å²) in [5.74, 6) is 3.34. The Kier molecular flexibility index (Phi) is 12.5. The Hall–Kier alpha value is -1.90. The maximum atomic E-state index is 5.95. The number of hydrogen-bond acceptors (Lipinski definition) is 3. The summed E-state index contributed by atoms with van der Waals surface area (Å²) < 4.78 is 5.95. The summed E-state index contributed by atoms with van der Waals surface area (Å²) in [7, 11) is 0. The van der Waals surface area contributed by atoms with E-state index in [1.165, 1.54) is 102 Å². The number of rotatable bonds is 16. The molecule has 0 aliphatic heterocycles. The van der Waals surface area contributed by atoms with E-state index in [1.54, 1.807) is 0 Å². The van der Waals surface area contributed by atoms with Crippen molar-refractivity contribution in [2.45, 2.75) is 122 Å². The zero-order chi connectivity index (χ0) is 23.8. The van der Waals surface area contributed by atoms with Crippen LogP contribution in [0.3, 0.4) is 0 Å². The van der Waals surface area contributed by atoms with E-state index < -0.39 is 0 Å². The molecule has 0 bridgehead atoms. The zero-order valence-electron chi connectivity index (χ0n) is 21.9. The van der Waals surface area contributed by atoms with Gasteiger partial charge in [-0.2, -0.15) is 0 Å². The first kappa shape index (κ1) is 26.7. The molecule has 0 spiro atoms. The van der Waals surface area contributed by atoms with Crippen LogP contribution < -0.4 is 4.74 Å². The molecular formula is C31H48N2O. The first-order valence-electron chi connectivity index (χ1n) is 14.3. The van der Waals surface area contributed by atoms with Crippen LogP contribution in [-0.2, 0) is 0 Å². The monoisotopic (exact) mass is 464 g/mol. The van der Waals surface area contributed by atoms with Crippen molar-refractivity contribution < 1.29 is 4.74 Å². The van der Waals surface area contributed by atoms with E-state index in [2.05, 4.69) is 50.5 Å². The minimum Gasteiger partial charge on any atom is -0.494 e. The molecule has 1 fully saturated rings. The molecule has 3 rings (SSSR count). The van der Waals surface area contributed by atoms with Gasteiger partial charge < -0.3 is 4.74 Å². The molecule has 0 saturated heterocycles. The van der Waals surface area contributed by atoms with Crippen molar-refractivity contribution in [3.05, 3.63) is 42.2 Å². The number of nitrogens with zero attached hydrogens (tertiary/aromatic N) is 2. The fourth-order valence-electron chi connectivity index (χ4n) is 5.28. The highest BCUT2D eigenvalue weighted by atomic mass is 16.5. The normalized spacial score (nSPS) is 18.2. The lowest BCUT2D eigenvalue weighted by Crippen LogP contribution is -2.13. The van der Waals surface area contributed by atoms with Crippen LogP contribution in [0.5, 0.6) is 5.75 Å². The molecule has 1 aromatic heterocycles. The summed E-state index contributed by atoms with van der Waals surface area (Å²) in [5, 5.41) is 0. The van der Waals surface area contributed by atoms with Crippen LogP contribution in [0.4, 0.5) is 0 Å². The summed E-state index contributed by atoms with van der Waals surface area (Å²) >= 11 is 0. The molecule has 0 amide bonds. The first-order chi connectivity index (χ1) is 16.8. The van der Waals surface area contributed by atoms with Gasteiger partial charge in [0, 0.05) is 18.0 Å². The smallest absolute Gasteiger partial charge is 0.159 e. The third-order valence-electron chi connectivity index (χ3n) is 7.59. The van der Waals surface area contributed by atoms with Gasteiger partial charge in [0.1, 0.15) is 5.75 Å². The molecule has 0 unspecified atom stereocenters. The third-order valence-corrected chi connectivity index (χ3v) is 7.59. The van der Waals surface area contributed by atoms with Crippen LogP contribution in [0.1, 0.15) is 128 Å². The van der Waals surface area contributed by atoms with Gasteiger partial charge in [0.05, 0.1) is 6.61 Å². The number of benzene rings is 1. The van der Waals surface area contributed by atoms with Crippen molar-refractivity contribution in [2.75, 3.05) is 6.61 Å². The van der Waals surface area contributed by atoms with Gasteiger partial charge in [0.15, 0.2) is 5.82 Å². The molecule has 1 aliphatic rings. The Labute approximate surface area is 209 Å². The largest absolute Gasteiger partial charge is 0.494 e. The first-order valence-corrected chi connectivity index (χ1v) is 14.3. The van der Waals surface area contributed by atoms with Gasteiger partial charge in [0.25, 0.3) is 0 Å². The second-order valence-corrected chi connectivity index (χ2v) is 10.4. The predicted molar refractivity (Wildman–Crippen MR) is 144 cm³/mol. The Bertz CT molecular complexity index is 763. The fraction of sp³-hybridized carbons (Fsp3) is 0.677. The van der Waals surface area contributed by atoms with Gasteiger partial charge in [0.2, 0.25) is 0 Å². The summed E-state index contributed by atoms with van der Waals surface area (Å²) in [5.41, 5.74) is 2.38. The minimum absolute atomic E-state index is 0.642. The van der Waals surface area contributed by atoms with Crippen LogP contribution in [0.15, 0.2) is 36.7 Å². The fourth-order valence-corrected chi connectivity index (χ4v) is 5.28. The lowest BCUT2D eigenvalue weighted by molar-refractivity contribution is 0.304. The molecule has 0 atom stereocenters. The molecule has 188 valence electrons. The van der Waals surface area contributed by atoms with Gasteiger partial charge in [-0.15, -0.1) is 0 Å². The highest BCUT2D eigenvalue weighted by Crippen LogP contribution is 2.37. The average Bonchev–Trinajstić information content (AvgIpc) is 2.89. The van der Waals surface area contributed by atoms with Crippen LogP contribution in [0.25, 0.3) is 11.4 Å². The topological polar surface area (TPSA) is 35.0 Å². The van der Waals surface area contributed by atoms with Gasteiger partial charge >= 0.3 is 0 Å². The molecule has 3 nitrogen and oxygen atoms in total. The van der Waals surface area contributed by atoms with Crippen LogP contribution in [0.2, 0.25) is 0 Å². The van der Waals surface area contributed by atoms with E-state index in [1.807, 2.05) is 0 Å². The van der Waals surface area contributed by atoms with E-state index in [0.717, 1.165) is 36.1 Å². The number of ether oxygens (including phenoxy) is 1. The van der Waals surface area contributed by atoms with E-state index in [4.69, 9.17) is 14.7 Å². The van der Waals surface area contributed by atoms with Crippen LogP contribution >= 0.6 is 0 Å². The second kappa shape index (κ2) is 15.9. The quantitative estimate of drug-likeness (QED) is 0.232. The SMILES string of the molecule is CCCCCCCCCCCOc1ccc(-c2ncc([C@H]3CC[C@H](CCCC)CC3)cn2)cc1. The standard InChI is InChI=1S/C31H48N2O/c1-3-5-7-8-9-10-11-12-13-23-34-30-21-19-28(20-22-30)31-32-24-29(25-33-31)27-17-15-26(16-18-27)14-6-4-2/h19-22,24-27H,3-18,23H2,1-2H3/t26-,27-. The molecule has 1 heterocycles. The third kappa shape index (κ3) is 9.39. The predicted octanol–water partition coefficient (Wildman–Crippen LogP) is 9.52. The Balaban J connectivity index is 1.34. The highest BCUT2D eigenvalue weighted by Gasteiger charge is 2.22.